The number of ether oxygens (including phenoxy) is 1. The van der Waals surface area contributed by atoms with Crippen LogP contribution in [0.4, 0.5) is 5.69 Å². The third-order valence-electron chi connectivity index (χ3n) is 7.43. The smallest absolute Gasteiger partial charge is 0.255 e. The fraction of sp³-hybridized carbons (Fsp3) is 0.182. The van der Waals surface area contributed by atoms with Crippen molar-refractivity contribution in [2.75, 3.05) is 12.3 Å². The number of hydrogen-bond donors (Lipinski definition) is 3. The molecule has 2 aromatic heterocycles. The Bertz CT molecular complexity index is 1630. The summed E-state index contributed by atoms with van der Waals surface area (Å²) in [6.07, 6.45) is 8.01. The van der Waals surface area contributed by atoms with E-state index in [9.17, 15) is 4.79 Å². The molecule has 0 fully saturated rings. The van der Waals surface area contributed by atoms with Crippen LogP contribution in [0.15, 0.2) is 104 Å². The SMILES string of the molecule is Nc1ccccc1-c1ccc(Cn2cncc2CNC2CCOc3c(C(=O)NCc4ccncc4)cccc32)cc1. The topological polar surface area (TPSA) is 107 Å². The molecule has 4 N–H and O–H groups in total. The highest BCUT2D eigenvalue weighted by molar-refractivity contribution is 5.97. The number of amides is 1. The molecule has 0 saturated carbocycles. The highest BCUT2D eigenvalue weighted by Gasteiger charge is 2.26. The molecule has 41 heavy (non-hydrogen) atoms. The Kier molecular flexibility index (Phi) is 7.73. The van der Waals surface area contributed by atoms with Gasteiger partial charge in [0.2, 0.25) is 0 Å². The number of nitrogens with zero attached hydrogens (tertiary/aromatic N) is 3. The first-order chi connectivity index (χ1) is 20.2. The molecule has 5 aromatic rings. The number of hydrogen-bond acceptors (Lipinski definition) is 6. The van der Waals surface area contributed by atoms with Gasteiger partial charge in [-0.1, -0.05) is 54.6 Å². The summed E-state index contributed by atoms with van der Waals surface area (Å²) < 4.78 is 8.17. The second kappa shape index (κ2) is 12.1. The lowest BCUT2D eigenvalue weighted by atomic mass is 9.97. The number of aromatic nitrogens is 3. The lowest BCUT2D eigenvalue weighted by Gasteiger charge is -2.28. The maximum atomic E-state index is 13.0. The van der Waals surface area contributed by atoms with Crippen molar-refractivity contribution in [3.8, 4) is 16.9 Å². The fourth-order valence-corrected chi connectivity index (χ4v) is 5.21. The lowest BCUT2D eigenvalue weighted by molar-refractivity contribution is 0.0945. The van der Waals surface area contributed by atoms with Crippen molar-refractivity contribution in [2.45, 2.75) is 32.1 Å². The molecule has 1 atom stereocenters. The molecular weight excluding hydrogens is 512 g/mol. The van der Waals surface area contributed by atoms with Crippen LogP contribution in [-0.4, -0.2) is 27.0 Å². The van der Waals surface area contributed by atoms with Gasteiger partial charge in [0.05, 0.1) is 24.2 Å². The van der Waals surface area contributed by atoms with Gasteiger partial charge in [-0.3, -0.25) is 9.78 Å². The minimum absolute atomic E-state index is 0.0608. The van der Waals surface area contributed by atoms with Crippen LogP contribution in [0, 0.1) is 0 Å². The van der Waals surface area contributed by atoms with Crippen molar-refractivity contribution in [1.82, 2.24) is 25.2 Å². The van der Waals surface area contributed by atoms with Gasteiger partial charge in [0.25, 0.3) is 5.91 Å². The lowest BCUT2D eigenvalue weighted by Crippen LogP contribution is -2.30. The number of para-hydroxylation sites is 2. The molecule has 1 amide bonds. The average Bonchev–Trinajstić information content (AvgIpc) is 3.46. The Morgan fingerprint density at radius 2 is 1.76 bits per heavy atom. The van der Waals surface area contributed by atoms with Gasteiger partial charge in [-0.15, -0.1) is 0 Å². The molecule has 0 bridgehead atoms. The van der Waals surface area contributed by atoms with Crippen LogP contribution in [-0.2, 0) is 19.6 Å². The predicted molar refractivity (Wildman–Crippen MR) is 159 cm³/mol. The van der Waals surface area contributed by atoms with Crippen LogP contribution < -0.4 is 21.1 Å². The Hall–Kier alpha value is -4.95. The van der Waals surface area contributed by atoms with Gasteiger partial charge in [0, 0.05) is 67.5 Å². The summed E-state index contributed by atoms with van der Waals surface area (Å²) in [6.45, 7) is 2.32. The first-order valence-electron chi connectivity index (χ1n) is 13.7. The summed E-state index contributed by atoms with van der Waals surface area (Å²) in [4.78, 5) is 21.5. The van der Waals surface area contributed by atoms with Crippen molar-refractivity contribution < 1.29 is 9.53 Å². The van der Waals surface area contributed by atoms with Gasteiger partial charge in [0.1, 0.15) is 5.75 Å². The Morgan fingerprint density at radius 3 is 2.59 bits per heavy atom. The van der Waals surface area contributed by atoms with Crippen molar-refractivity contribution in [2.24, 2.45) is 0 Å². The van der Waals surface area contributed by atoms with Crippen LogP contribution in [0.1, 0.15) is 45.2 Å². The van der Waals surface area contributed by atoms with E-state index in [1.54, 1.807) is 12.4 Å². The summed E-state index contributed by atoms with van der Waals surface area (Å²) >= 11 is 0. The molecule has 3 aromatic carbocycles. The average molecular weight is 545 g/mol. The van der Waals surface area contributed by atoms with E-state index in [-0.39, 0.29) is 11.9 Å². The van der Waals surface area contributed by atoms with Crippen LogP contribution in [0.25, 0.3) is 11.1 Å². The van der Waals surface area contributed by atoms with E-state index in [0.717, 1.165) is 40.1 Å². The molecule has 1 aliphatic rings. The standard InChI is InChI=1S/C33H32N6O2/c34-30-7-2-1-4-27(30)25-10-8-24(9-11-25)21-39-22-36-19-26(39)20-37-31-14-17-41-32-28(31)5-3-6-29(32)33(40)38-18-23-12-15-35-16-13-23/h1-13,15-16,19,22,31,37H,14,17-18,20-21,34H2,(H,38,40). The molecule has 1 aliphatic heterocycles. The number of pyridine rings is 1. The van der Waals surface area contributed by atoms with Crippen molar-refractivity contribution in [3.05, 3.63) is 132 Å². The molecule has 6 rings (SSSR count). The maximum absolute atomic E-state index is 13.0. The number of rotatable bonds is 9. The summed E-state index contributed by atoms with van der Waals surface area (Å²) in [5.74, 6) is 0.495. The first kappa shape index (κ1) is 26.3. The van der Waals surface area contributed by atoms with E-state index in [2.05, 4.69) is 49.4 Å². The number of imidazole rings is 1. The third-order valence-corrected chi connectivity index (χ3v) is 7.43. The second-order valence-electron chi connectivity index (χ2n) is 10.1. The molecule has 0 aliphatic carbocycles. The first-order valence-corrected chi connectivity index (χ1v) is 13.7. The number of nitrogen functional groups attached to an aromatic ring is 1. The molecule has 8 heteroatoms. The predicted octanol–water partition coefficient (Wildman–Crippen LogP) is 5.12. The van der Waals surface area contributed by atoms with Gasteiger partial charge < -0.3 is 25.7 Å². The number of carbonyl (C=O) groups excluding carboxylic acids is 1. The molecule has 1 unspecified atom stereocenters. The minimum Gasteiger partial charge on any atom is -0.492 e. The zero-order chi connectivity index (χ0) is 28.0. The number of fused-ring (bicyclic) bond motifs is 1. The van der Waals surface area contributed by atoms with Gasteiger partial charge in [-0.05, 0) is 41.0 Å². The highest BCUT2D eigenvalue weighted by Crippen LogP contribution is 2.35. The Balaban J connectivity index is 1.11. The fourth-order valence-electron chi connectivity index (χ4n) is 5.21. The minimum atomic E-state index is -0.154. The van der Waals surface area contributed by atoms with Crippen LogP contribution >= 0.6 is 0 Å². The number of benzene rings is 3. The van der Waals surface area contributed by atoms with E-state index in [1.165, 1.54) is 5.56 Å². The third kappa shape index (κ3) is 5.97. The summed E-state index contributed by atoms with van der Waals surface area (Å²) in [5.41, 5.74) is 13.9. The largest absolute Gasteiger partial charge is 0.492 e. The van der Waals surface area contributed by atoms with Crippen molar-refractivity contribution >= 4 is 11.6 Å². The Morgan fingerprint density at radius 1 is 0.927 bits per heavy atom. The van der Waals surface area contributed by atoms with Gasteiger partial charge in [0.15, 0.2) is 0 Å². The van der Waals surface area contributed by atoms with Crippen molar-refractivity contribution in [3.63, 3.8) is 0 Å². The number of carbonyl (C=O) groups is 1. The molecule has 0 spiro atoms. The van der Waals surface area contributed by atoms with Gasteiger partial charge in [-0.2, -0.15) is 0 Å². The summed E-state index contributed by atoms with van der Waals surface area (Å²) in [7, 11) is 0. The molecule has 206 valence electrons. The van der Waals surface area contributed by atoms with Gasteiger partial charge >= 0.3 is 0 Å². The highest BCUT2D eigenvalue weighted by atomic mass is 16.5. The summed E-state index contributed by atoms with van der Waals surface area (Å²) in [5, 5.41) is 6.67. The zero-order valence-corrected chi connectivity index (χ0v) is 22.7. The molecular formula is C33H32N6O2. The van der Waals surface area contributed by atoms with E-state index in [0.29, 0.717) is 37.6 Å². The number of nitrogens with two attached hydrogens (primary N) is 1. The second-order valence-corrected chi connectivity index (χ2v) is 10.1. The number of nitrogens with one attached hydrogen (secondary N) is 2. The maximum Gasteiger partial charge on any atom is 0.255 e. The van der Waals surface area contributed by atoms with Crippen LogP contribution in [0.2, 0.25) is 0 Å². The summed E-state index contributed by atoms with van der Waals surface area (Å²) in [6, 6.07) is 26.0. The molecule has 8 nitrogen and oxygen atoms in total. The Labute approximate surface area is 239 Å². The van der Waals surface area contributed by atoms with E-state index in [1.807, 2.05) is 67.1 Å². The molecule has 0 radical (unpaired) electrons. The van der Waals surface area contributed by atoms with E-state index >= 15 is 0 Å². The van der Waals surface area contributed by atoms with Crippen LogP contribution in [0.5, 0.6) is 5.75 Å². The van der Waals surface area contributed by atoms with Gasteiger partial charge in [-0.25, -0.2) is 4.98 Å². The van der Waals surface area contributed by atoms with Crippen molar-refractivity contribution in [1.29, 1.82) is 0 Å². The van der Waals surface area contributed by atoms with E-state index in [4.69, 9.17) is 10.5 Å². The monoisotopic (exact) mass is 544 g/mol. The van der Waals surface area contributed by atoms with Crippen LogP contribution in [0.3, 0.4) is 0 Å². The quantitative estimate of drug-likeness (QED) is 0.223. The molecule has 3 heterocycles. The zero-order valence-electron chi connectivity index (χ0n) is 22.7. The van der Waals surface area contributed by atoms with E-state index < -0.39 is 0 Å². The molecule has 0 saturated heterocycles. The normalized spacial score (nSPS) is 14.2. The number of anilines is 1.